The van der Waals surface area contributed by atoms with E-state index in [2.05, 4.69) is 57.9 Å². The van der Waals surface area contributed by atoms with Gasteiger partial charge in [0.15, 0.2) is 0 Å². The molecule has 0 radical (unpaired) electrons. The number of benzene rings is 1. The second kappa shape index (κ2) is 5.51. The molecule has 0 bridgehead atoms. The molecule has 15 heavy (non-hydrogen) atoms. The molecule has 1 aromatic heterocycles. The Morgan fingerprint density at radius 2 is 1.93 bits per heavy atom. The van der Waals surface area contributed by atoms with Gasteiger partial charge in [-0.2, -0.15) is 0 Å². The number of thioether (sulfide) groups is 1. The average Bonchev–Trinajstić information content (AvgIpc) is 2.28. The molecule has 0 saturated carbocycles. The van der Waals surface area contributed by atoms with Gasteiger partial charge >= 0.3 is 0 Å². The molecule has 0 atom stereocenters. The molecule has 3 heteroatoms. The summed E-state index contributed by atoms with van der Waals surface area (Å²) in [7, 11) is 0. The van der Waals surface area contributed by atoms with Crippen LogP contribution >= 0.6 is 34.4 Å². The standard InChI is InChI=1S/C12H10INS/c13-11-6-12(8-14-7-11)15-9-10-4-2-1-3-5-10/h1-8H,9H2. The Hall–Kier alpha value is -0.550. The molecule has 1 aromatic carbocycles. The third kappa shape index (κ3) is 3.50. The van der Waals surface area contributed by atoms with Crippen molar-refractivity contribution in [2.24, 2.45) is 0 Å². The predicted molar refractivity (Wildman–Crippen MR) is 73.0 cm³/mol. The van der Waals surface area contributed by atoms with E-state index in [0.717, 1.165) is 5.75 Å². The molecular weight excluding hydrogens is 317 g/mol. The highest BCUT2D eigenvalue weighted by atomic mass is 127. The van der Waals surface area contributed by atoms with Crippen molar-refractivity contribution in [3.8, 4) is 0 Å². The van der Waals surface area contributed by atoms with E-state index in [1.54, 1.807) is 0 Å². The second-order valence-corrected chi connectivity index (χ2v) is 5.41. The maximum absolute atomic E-state index is 4.17. The van der Waals surface area contributed by atoms with Crippen molar-refractivity contribution >= 4 is 34.4 Å². The lowest BCUT2D eigenvalue weighted by Crippen LogP contribution is -1.81. The number of pyridine rings is 1. The van der Waals surface area contributed by atoms with E-state index >= 15 is 0 Å². The maximum atomic E-state index is 4.17. The molecular formula is C12H10INS. The van der Waals surface area contributed by atoms with Gasteiger partial charge in [-0.25, -0.2) is 0 Å². The Kier molecular flexibility index (Phi) is 4.02. The summed E-state index contributed by atoms with van der Waals surface area (Å²) in [5.41, 5.74) is 1.35. The fourth-order valence-corrected chi connectivity index (χ4v) is 2.79. The topological polar surface area (TPSA) is 12.9 Å². The van der Waals surface area contributed by atoms with Crippen LogP contribution in [-0.2, 0) is 5.75 Å². The van der Waals surface area contributed by atoms with Gasteiger partial charge in [-0.3, -0.25) is 4.98 Å². The van der Waals surface area contributed by atoms with E-state index in [9.17, 15) is 0 Å². The van der Waals surface area contributed by atoms with Gasteiger partial charge in [-0.15, -0.1) is 11.8 Å². The molecule has 0 aliphatic heterocycles. The zero-order valence-corrected chi connectivity index (χ0v) is 11.0. The van der Waals surface area contributed by atoms with Crippen molar-refractivity contribution < 1.29 is 0 Å². The van der Waals surface area contributed by atoms with Crippen LogP contribution in [0.3, 0.4) is 0 Å². The summed E-state index contributed by atoms with van der Waals surface area (Å²) < 4.78 is 1.19. The Labute approximate surface area is 107 Å². The molecule has 0 aliphatic carbocycles. The highest BCUT2D eigenvalue weighted by Gasteiger charge is 1.96. The Balaban J connectivity index is 1.99. The minimum absolute atomic E-state index is 1.00. The van der Waals surface area contributed by atoms with Crippen LogP contribution in [0.25, 0.3) is 0 Å². The van der Waals surface area contributed by atoms with E-state index in [0.29, 0.717) is 0 Å². The molecule has 1 nitrogen and oxygen atoms in total. The summed E-state index contributed by atoms with van der Waals surface area (Å²) in [5.74, 6) is 1.00. The predicted octanol–water partition coefficient (Wildman–Crippen LogP) is 3.98. The van der Waals surface area contributed by atoms with E-state index in [-0.39, 0.29) is 0 Å². The first-order chi connectivity index (χ1) is 7.34. The highest BCUT2D eigenvalue weighted by Crippen LogP contribution is 2.22. The van der Waals surface area contributed by atoms with Crippen LogP contribution in [0.2, 0.25) is 0 Å². The van der Waals surface area contributed by atoms with Crippen LogP contribution in [0.1, 0.15) is 5.56 Å². The maximum Gasteiger partial charge on any atom is 0.0404 e. The molecule has 0 spiro atoms. The number of rotatable bonds is 3. The van der Waals surface area contributed by atoms with Gasteiger partial charge in [0.25, 0.3) is 0 Å². The number of nitrogens with zero attached hydrogens (tertiary/aromatic N) is 1. The minimum Gasteiger partial charge on any atom is -0.262 e. The monoisotopic (exact) mass is 327 g/mol. The van der Waals surface area contributed by atoms with Gasteiger partial charge in [0, 0.05) is 26.6 Å². The summed E-state index contributed by atoms with van der Waals surface area (Å²) in [6.07, 6.45) is 3.78. The van der Waals surface area contributed by atoms with Gasteiger partial charge < -0.3 is 0 Å². The molecule has 0 aliphatic rings. The van der Waals surface area contributed by atoms with Crippen LogP contribution in [-0.4, -0.2) is 4.98 Å². The lowest BCUT2D eigenvalue weighted by Gasteiger charge is -2.01. The van der Waals surface area contributed by atoms with Gasteiger partial charge in [-0.05, 0) is 34.2 Å². The van der Waals surface area contributed by atoms with E-state index < -0.39 is 0 Å². The van der Waals surface area contributed by atoms with Gasteiger partial charge in [0.2, 0.25) is 0 Å². The Bertz CT molecular complexity index is 431. The van der Waals surface area contributed by atoms with Crippen molar-refractivity contribution in [2.45, 2.75) is 10.6 Å². The third-order valence-electron chi connectivity index (χ3n) is 1.93. The molecule has 0 N–H and O–H groups in total. The Morgan fingerprint density at radius 1 is 1.13 bits per heavy atom. The van der Waals surface area contributed by atoms with Crippen molar-refractivity contribution in [1.29, 1.82) is 0 Å². The van der Waals surface area contributed by atoms with Crippen LogP contribution in [0, 0.1) is 3.57 Å². The average molecular weight is 327 g/mol. The molecule has 2 aromatic rings. The van der Waals surface area contributed by atoms with E-state index in [1.165, 1.54) is 14.0 Å². The van der Waals surface area contributed by atoms with Crippen molar-refractivity contribution in [1.82, 2.24) is 4.98 Å². The first-order valence-corrected chi connectivity index (χ1v) is 6.68. The SMILES string of the molecule is Ic1cncc(SCc2ccccc2)c1. The molecule has 0 saturated heterocycles. The van der Waals surface area contributed by atoms with Crippen molar-refractivity contribution in [3.63, 3.8) is 0 Å². The summed E-state index contributed by atoms with van der Waals surface area (Å²) in [4.78, 5) is 5.40. The lowest BCUT2D eigenvalue weighted by molar-refractivity contribution is 1.21. The van der Waals surface area contributed by atoms with Crippen LogP contribution in [0.4, 0.5) is 0 Å². The van der Waals surface area contributed by atoms with Gasteiger partial charge in [0.05, 0.1) is 0 Å². The summed E-state index contributed by atoms with van der Waals surface area (Å²) >= 11 is 4.10. The number of aromatic nitrogens is 1. The quantitative estimate of drug-likeness (QED) is 0.625. The van der Waals surface area contributed by atoms with E-state index in [4.69, 9.17) is 0 Å². The van der Waals surface area contributed by atoms with Crippen molar-refractivity contribution in [2.75, 3.05) is 0 Å². The van der Waals surface area contributed by atoms with Crippen LogP contribution in [0.15, 0.2) is 53.7 Å². The first kappa shape index (κ1) is 11.0. The normalized spacial score (nSPS) is 10.2. The zero-order chi connectivity index (χ0) is 10.5. The fraction of sp³-hybridized carbons (Fsp3) is 0.0833. The van der Waals surface area contributed by atoms with Crippen LogP contribution in [0.5, 0.6) is 0 Å². The van der Waals surface area contributed by atoms with E-state index in [1.807, 2.05) is 30.2 Å². The first-order valence-electron chi connectivity index (χ1n) is 4.62. The van der Waals surface area contributed by atoms with Crippen molar-refractivity contribution in [3.05, 3.63) is 57.9 Å². The Morgan fingerprint density at radius 3 is 2.67 bits per heavy atom. The molecule has 0 amide bonds. The highest BCUT2D eigenvalue weighted by molar-refractivity contribution is 14.1. The molecule has 0 fully saturated rings. The minimum atomic E-state index is 1.00. The number of halogens is 1. The van der Waals surface area contributed by atoms with Gasteiger partial charge in [0.1, 0.15) is 0 Å². The number of hydrogen-bond donors (Lipinski definition) is 0. The number of hydrogen-bond acceptors (Lipinski definition) is 2. The summed E-state index contributed by atoms with van der Waals surface area (Å²) in [5, 5.41) is 0. The molecule has 0 unspecified atom stereocenters. The summed E-state index contributed by atoms with van der Waals surface area (Å²) in [6, 6.07) is 12.6. The second-order valence-electron chi connectivity index (χ2n) is 3.11. The molecule has 2 rings (SSSR count). The fourth-order valence-electron chi connectivity index (χ4n) is 1.21. The third-order valence-corrected chi connectivity index (χ3v) is 3.55. The smallest absolute Gasteiger partial charge is 0.0404 e. The zero-order valence-electron chi connectivity index (χ0n) is 8.06. The van der Waals surface area contributed by atoms with Gasteiger partial charge in [-0.1, -0.05) is 30.3 Å². The largest absolute Gasteiger partial charge is 0.262 e. The van der Waals surface area contributed by atoms with Crippen LogP contribution < -0.4 is 0 Å². The molecule has 1 heterocycles. The lowest BCUT2D eigenvalue weighted by atomic mass is 10.2. The summed E-state index contributed by atoms with van der Waals surface area (Å²) in [6.45, 7) is 0. The molecule has 76 valence electrons.